The van der Waals surface area contributed by atoms with E-state index < -0.39 is 28.5 Å². The van der Waals surface area contributed by atoms with Gasteiger partial charge in [0.2, 0.25) is 11.8 Å². The molecule has 8 nitrogen and oxygen atoms in total. The molecule has 4 aromatic carbocycles. The third-order valence-electron chi connectivity index (χ3n) is 7.58. The van der Waals surface area contributed by atoms with Crippen molar-refractivity contribution in [1.82, 2.24) is 10.2 Å². The summed E-state index contributed by atoms with van der Waals surface area (Å²) in [6, 6.07) is 27.4. The van der Waals surface area contributed by atoms with E-state index in [2.05, 4.69) is 5.32 Å². The summed E-state index contributed by atoms with van der Waals surface area (Å²) in [5.41, 5.74) is 1.60. The molecule has 4 rings (SSSR count). The predicted octanol–water partition coefficient (Wildman–Crippen LogP) is 6.75. The van der Waals surface area contributed by atoms with E-state index in [0.717, 1.165) is 9.87 Å². The second-order valence-electron chi connectivity index (χ2n) is 10.8. The number of hydrogen-bond donors (Lipinski definition) is 1. The summed E-state index contributed by atoms with van der Waals surface area (Å²) in [7, 11) is -2.76. The van der Waals surface area contributed by atoms with Gasteiger partial charge in [0.15, 0.2) is 0 Å². The SMILES string of the molecule is CC[C@@H](C)NC(=O)[C@H](Cc1ccccc1)N(Cc1ccc(Cl)cc1Cl)C(=O)CN(c1cccc(OC)c1)S(=O)(=O)c1ccccc1. The number of ether oxygens (including phenoxy) is 1. The van der Waals surface area contributed by atoms with E-state index in [9.17, 15) is 18.0 Å². The van der Waals surface area contributed by atoms with E-state index in [1.54, 1.807) is 60.7 Å². The first-order valence-electron chi connectivity index (χ1n) is 14.8. The van der Waals surface area contributed by atoms with E-state index in [-0.39, 0.29) is 35.5 Å². The summed E-state index contributed by atoms with van der Waals surface area (Å²) in [6.07, 6.45) is 0.865. The molecule has 2 atom stereocenters. The van der Waals surface area contributed by atoms with E-state index >= 15 is 0 Å². The molecule has 0 radical (unpaired) electrons. The second kappa shape index (κ2) is 16.0. The molecule has 0 aromatic heterocycles. The molecule has 0 fully saturated rings. The lowest BCUT2D eigenvalue weighted by molar-refractivity contribution is -0.140. The predicted molar refractivity (Wildman–Crippen MR) is 183 cm³/mol. The number of sulfonamides is 1. The molecule has 0 bridgehead atoms. The lowest BCUT2D eigenvalue weighted by Crippen LogP contribution is -2.54. The Labute approximate surface area is 280 Å². The molecule has 11 heteroatoms. The number of carbonyl (C=O) groups excluding carboxylic acids is 2. The fourth-order valence-electron chi connectivity index (χ4n) is 4.84. The fraction of sp³-hybridized carbons (Fsp3) is 0.257. The Balaban J connectivity index is 1.83. The molecule has 2 amide bonds. The van der Waals surface area contributed by atoms with Crippen LogP contribution in [0.25, 0.3) is 0 Å². The third kappa shape index (κ3) is 8.81. The summed E-state index contributed by atoms with van der Waals surface area (Å²) in [4.78, 5) is 29.9. The largest absolute Gasteiger partial charge is 0.497 e. The minimum Gasteiger partial charge on any atom is -0.497 e. The Kier molecular flexibility index (Phi) is 12.1. The van der Waals surface area contributed by atoms with E-state index in [4.69, 9.17) is 27.9 Å². The zero-order chi connectivity index (χ0) is 33.3. The van der Waals surface area contributed by atoms with Crippen LogP contribution in [0, 0.1) is 0 Å². The molecular formula is C35H37Cl2N3O5S. The lowest BCUT2D eigenvalue weighted by atomic mass is 10.0. The summed E-state index contributed by atoms with van der Waals surface area (Å²) in [5.74, 6) is -0.554. The summed E-state index contributed by atoms with van der Waals surface area (Å²) in [5, 5.41) is 3.75. The average molecular weight is 683 g/mol. The Morgan fingerprint density at radius 3 is 2.20 bits per heavy atom. The van der Waals surface area contributed by atoms with Crippen LogP contribution in [0.2, 0.25) is 10.0 Å². The summed E-state index contributed by atoms with van der Waals surface area (Å²) < 4.78 is 34.6. The first kappa shape index (κ1) is 34.8. The lowest BCUT2D eigenvalue weighted by Gasteiger charge is -2.34. The van der Waals surface area contributed by atoms with Gasteiger partial charge in [0.25, 0.3) is 10.0 Å². The molecule has 0 saturated carbocycles. The van der Waals surface area contributed by atoms with Crippen LogP contribution in [0.1, 0.15) is 31.4 Å². The average Bonchev–Trinajstić information content (AvgIpc) is 3.06. The zero-order valence-electron chi connectivity index (χ0n) is 25.9. The molecule has 0 aliphatic rings. The Hall–Kier alpha value is -4.05. The maximum absolute atomic E-state index is 14.6. The summed E-state index contributed by atoms with van der Waals surface area (Å²) >= 11 is 12.7. The topological polar surface area (TPSA) is 96.0 Å². The van der Waals surface area contributed by atoms with Crippen LogP contribution >= 0.6 is 23.2 Å². The maximum Gasteiger partial charge on any atom is 0.264 e. The van der Waals surface area contributed by atoms with Crippen molar-refractivity contribution in [3.8, 4) is 5.75 Å². The Morgan fingerprint density at radius 1 is 0.891 bits per heavy atom. The molecule has 242 valence electrons. The Bertz CT molecular complexity index is 1740. The fourth-order valence-corrected chi connectivity index (χ4v) is 6.74. The van der Waals surface area contributed by atoms with Crippen molar-refractivity contribution in [2.45, 2.75) is 50.2 Å². The van der Waals surface area contributed by atoms with Gasteiger partial charge in [0.05, 0.1) is 17.7 Å². The van der Waals surface area contributed by atoms with Crippen molar-refractivity contribution in [2.24, 2.45) is 0 Å². The van der Waals surface area contributed by atoms with Gasteiger partial charge < -0.3 is 15.0 Å². The van der Waals surface area contributed by atoms with Gasteiger partial charge in [-0.15, -0.1) is 0 Å². The number of benzene rings is 4. The van der Waals surface area contributed by atoms with Gasteiger partial charge in [-0.1, -0.05) is 90.8 Å². The van der Waals surface area contributed by atoms with Crippen LogP contribution in [0.4, 0.5) is 5.69 Å². The van der Waals surface area contributed by atoms with Crippen LogP contribution in [-0.2, 0) is 32.6 Å². The molecule has 0 spiro atoms. The van der Waals surface area contributed by atoms with E-state index in [0.29, 0.717) is 27.8 Å². The molecule has 0 saturated heterocycles. The first-order valence-corrected chi connectivity index (χ1v) is 17.0. The monoisotopic (exact) mass is 681 g/mol. The number of halogens is 2. The number of nitrogens with zero attached hydrogens (tertiary/aromatic N) is 2. The zero-order valence-corrected chi connectivity index (χ0v) is 28.2. The minimum absolute atomic E-state index is 0.00765. The molecule has 1 N–H and O–H groups in total. The first-order chi connectivity index (χ1) is 22.0. The smallest absolute Gasteiger partial charge is 0.264 e. The molecule has 46 heavy (non-hydrogen) atoms. The molecule has 0 unspecified atom stereocenters. The number of carbonyl (C=O) groups is 2. The highest BCUT2D eigenvalue weighted by molar-refractivity contribution is 7.92. The standard InChI is InChI=1S/C35H37Cl2N3O5S/c1-4-25(2)38-35(42)33(20-26-12-7-5-8-13-26)39(23-27-18-19-28(36)21-32(27)37)34(41)24-40(29-14-11-15-30(22-29)45-3)46(43,44)31-16-9-6-10-17-31/h5-19,21-22,25,33H,4,20,23-24H2,1-3H3,(H,38,42)/t25-,33+/m1/s1. The van der Waals surface area contributed by atoms with Crippen molar-refractivity contribution >= 4 is 50.7 Å². The van der Waals surface area contributed by atoms with Gasteiger partial charge in [-0.2, -0.15) is 0 Å². The number of nitrogens with one attached hydrogen (secondary N) is 1. The van der Waals surface area contributed by atoms with Gasteiger partial charge in [0.1, 0.15) is 18.3 Å². The third-order valence-corrected chi connectivity index (χ3v) is 9.95. The number of amides is 2. The van der Waals surface area contributed by atoms with Crippen LogP contribution in [0.15, 0.2) is 108 Å². The van der Waals surface area contributed by atoms with Crippen LogP contribution in [0.3, 0.4) is 0 Å². The number of anilines is 1. The minimum atomic E-state index is -4.24. The van der Waals surface area contributed by atoms with Gasteiger partial charge in [-0.05, 0) is 60.9 Å². The highest BCUT2D eigenvalue weighted by atomic mass is 35.5. The number of methoxy groups -OCH3 is 1. The molecule has 0 aliphatic carbocycles. The van der Waals surface area contributed by atoms with Crippen molar-refractivity contribution in [3.05, 3.63) is 124 Å². The van der Waals surface area contributed by atoms with Crippen molar-refractivity contribution < 1.29 is 22.7 Å². The highest BCUT2D eigenvalue weighted by Gasteiger charge is 2.35. The number of hydrogen-bond acceptors (Lipinski definition) is 5. The maximum atomic E-state index is 14.6. The molecule has 0 aliphatic heterocycles. The molecular weight excluding hydrogens is 645 g/mol. The van der Waals surface area contributed by atoms with Gasteiger partial charge in [-0.25, -0.2) is 8.42 Å². The van der Waals surface area contributed by atoms with Crippen LogP contribution in [-0.4, -0.2) is 50.9 Å². The normalized spacial score (nSPS) is 12.5. The molecule has 0 heterocycles. The van der Waals surface area contributed by atoms with Crippen molar-refractivity contribution in [2.75, 3.05) is 18.0 Å². The van der Waals surface area contributed by atoms with Crippen LogP contribution < -0.4 is 14.4 Å². The van der Waals surface area contributed by atoms with Gasteiger partial charge in [0, 0.05) is 35.1 Å². The quantitative estimate of drug-likeness (QED) is 0.159. The van der Waals surface area contributed by atoms with Gasteiger partial charge in [-0.3, -0.25) is 13.9 Å². The number of rotatable bonds is 14. The summed E-state index contributed by atoms with van der Waals surface area (Å²) in [6.45, 7) is 3.17. The van der Waals surface area contributed by atoms with E-state index in [1.165, 1.54) is 24.1 Å². The highest BCUT2D eigenvalue weighted by Crippen LogP contribution is 2.29. The Morgan fingerprint density at radius 2 is 1.57 bits per heavy atom. The second-order valence-corrected chi connectivity index (χ2v) is 13.5. The van der Waals surface area contributed by atoms with Crippen LogP contribution in [0.5, 0.6) is 5.75 Å². The van der Waals surface area contributed by atoms with Crippen molar-refractivity contribution in [1.29, 1.82) is 0 Å². The van der Waals surface area contributed by atoms with Crippen molar-refractivity contribution in [3.63, 3.8) is 0 Å². The van der Waals surface area contributed by atoms with E-state index in [1.807, 2.05) is 44.2 Å². The van der Waals surface area contributed by atoms with Gasteiger partial charge >= 0.3 is 0 Å². The molecule has 4 aromatic rings.